The van der Waals surface area contributed by atoms with Crippen molar-refractivity contribution >= 4 is 11.6 Å². The van der Waals surface area contributed by atoms with Gasteiger partial charge in [-0.1, -0.05) is 24.3 Å². The maximum Gasteiger partial charge on any atom is 0.241 e. The summed E-state index contributed by atoms with van der Waals surface area (Å²) in [5.74, 6) is 1.58. The number of nitrogens with zero attached hydrogens (tertiary/aromatic N) is 2. The van der Waals surface area contributed by atoms with Crippen LogP contribution in [-0.2, 0) is 4.79 Å². The molecule has 0 bridgehead atoms. The Morgan fingerprint density at radius 2 is 1.83 bits per heavy atom. The van der Waals surface area contributed by atoms with Gasteiger partial charge in [0.05, 0.1) is 18.8 Å². The van der Waals surface area contributed by atoms with Crippen LogP contribution in [0.4, 0.5) is 5.69 Å². The van der Waals surface area contributed by atoms with Gasteiger partial charge in [-0.3, -0.25) is 14.6 Å². The van der Waals surface area contributed by atoms with Crippen molar-refractivity contribution in [3.05, 3.63) is 54.1 Å². The molecule has 29 heavy (non-hydrogen) atoms. The Morgan fingerprint density at radius 1 is 1.10 bits per heavy atom. The molecule has 1 amide bonds. The molecule has 0 saturated carbocycles. The third-order valence-corrected chi connectivity index (χ3v) is 5.37. The average Bonchev–Trinajstić information content (AvgIpc) is 2.74. The second-order valence-corrected chi connectivity index (χ2v) is 7.41. The van der Waals surface area contributed by atoms with E-state index in [2.05, 4.69) is 15.1 Å². The Hall–Kier alpha value is -2.57. The quantitative estimate of drug-likeness (QED) is 0.742. The Bertz CT molecular complexity index is 789. The molecular weight excluding hydrogens is 366 g/mol. The molecule has 1 fully saturated rings. The van der Waals surface area contributed by atoms with E-state index >= 15 is 0 Å². The fourth-order valence-corrected chi connectivity index (χ4v) is 3.51. The molecule has 0 radical (unpaired) electrons. The molecule has 1 aliphatic rings. The zero-order valence-electron chi connectivity index (χ0n) is 17.6. The lowest BCUT2D eigenvalue weighted by molar-refractivity contribution is -0.121. The van der Waals surface area contributed by atoms with E-state index in [1.165, 1.54) is 0 Å². The standard InChI is InChI=1S/C23H31N3O3/c1-18-9-10-22(28-3)21(17-18)24-23(27)19(2)26-13-11-25(12-14-26)15-16-29-20-7-5-4-6-8-20/h4-10,17,19H,11-16H2,1-3H3,(H,24,27). The molecule has 0 aromatic heterocycles. The van der Waals surface area contributed by atoms with Crippen molar-refractivity contribution in [3.8, 4) is 11.5 Å². The third kappa shape index (κ3) is 5.95. The first-order chi connectivity index (χ1) is 14.1. The molecule has 0 aliphatic carbocycles. The van der Waals surface area contributed by atoms with Crippen molar-refractivity contribution in [2.75, 3.05) is 51.8 Å². The van der Waals surface area contributed by atoms with Gasteiger partial charge in [0, 0.05) is 32.7 Å². The fourth-order valence-electron chi connectivity index (χ4n) is 3.51. The molecule has 1 heterocycles. The number of anilines is 1. The summed E-state index contributed by atoms with van der Waals surface area (Å²) in [6, 6.07) is 15.5. The topological polar surface area (TPSA) is 54.0 Å². The first-order valence-electron chi connectivity index (χ1n) is 10.2. The molecule has 3 rings (SSSR count). The van der Waals surface area contributed by atoms with Crippen molar-refractivity contribution in [1.82, 2.24) is 9.80 Å². The molecule has 1 unspecified atom stereocenters. The highest BCUT2D eigenvalue weighted by atomic mass is 16.5. The Kier molecular flexibility index (Phi) is 7.49. The number of para-hydroxylation sites is 1. The van der Waals surface area contributed by atoms with E-state index in [0.717, 1.165) is 49.7 Å². The number of piperazine rings is 1. The molecule has 0 spiro atoms. The van der Waals surface area contributed by atoms with E-state index in [4.69, 9.17) is 9.47 Å². The monoisotopic (exact) mass is 397 g/mol. The highest BCUT2D eigenvalue weighted by molar-refractivity contribution is 5.96. The summed E-state index contributed by atoms with van der Waals surface area (Å²) in [5.41, 5.74) is 1.81. The van der Waals surface area contributed by atoms with Gasteiger partial charge in [0.15, 0.2) is 0 Å². The van der Waals surface area contributed by atoms with Crippen molar-refractivity contribution in [2.24, 2.45) is 0 Å². The van der Waals surface area contributed by atoms with E-state index in [0.29, 0.717) is 12.4 Å². The van der Waals surface area contributed by atoms with Crippen LogP contribution in [0.2, 0.25) is 0 Å². The SMILES string of the molecule is COc1ccc(C)cc1NC(=O)C(C)N1CCN(CCOc2ccccc2)CC1. The smallest absolute Gasteiger partial charge is 0.241 e. The van der Waals surface area contributed by atoms with E-state index in [-0.39, 0.29) is 11.9 Å². The van der Waals surface area contributed by atoms with Crippen LogP contribution in [0.3, 0.4) is 0 Å². The second-order valence-electron chi connectivity index (χ2n) is 7.41. The van der Waals surface area contributed by atoms with Gasteiger partial charge in [-0.2, -0.15) is 0 Å². The number of carbonyl (C=O) groups is 1. The Balaban J connectivity index is 1.44. The lowest BCUT2D eigenvalue weighted by atomic mass is 10.1. The minimum Gasteiger partial charge on any atom is -0.495 e. The maximum atomic E-state index is 12.8. The van der Waals surface area contributed by atoms with Crippen molar-refractivity contribution in [1.29, 1.82) is 0 Å². The van der Waals surface area contributed by atoms with Crippen LogP contribution < -0.4 is 14.8 Å². The summed E-state index contributed by atoms with van der Waals surface area (Å²) in [6.45, 7) is 9.13. The van der Waals surface area contributed by atoms with Gasteiger partial charge in [0.25, 0.3) is 0 Å². The van der Waals surface area contributed by atoms with Crippen LogP contribution >= 0.6 is 0 Å². The number of nitrogens with one attached hydrogen (secondary N) is 1. The lowest BCUT2D eigenvalue weighted by Gasteiger charge is -2.37. The van der Waals surface area contributed by atoms with Gasteiger partial charge in [-0.15, -0.1) is 0 Å². The van der Waals surface area contributed by atoms with Gasteiger partial charge in [-0.25, -0.2) is 0 Å². The minimum atomic E-state index is -0.192. The first kappa shape index (κ1) is 21.1. The largest absolute Gasteiger partial charge is 0.495 e. The van der Waals surface area contributed by atoms with Crippen LogP contribution in [0.1, 0.15) is 12.5 Å². The predicted octanol–water partition coefficient (Wildman–Crippen LogP) is 3.03. The van der Waals surface area contributed by atoms with Crippen molar-refractivity contribution < 1.29 is 14.3 Å². The summed E-state index contributed by atoms with van der Waals surface area (Å²) >= 11 is 0. The van der Waals surface area contributed by atoms with Gasteiger partial charge in [0.2, 0.25) is 5.91 Å². The normalized spacial score (nSPS) is 16.2. The minimum absolute atomic E-state index is 0.00485. The summed E-state index contributed by atoms with van der Waals surface area (Å²) in [5, 5.41) is 3.02. The van der Waals surface area contributed by atoms with Crippen LogP contribution in [0.15, 0.2) is 48.5 Å². The summed E-state index contributed by atoms with van der Waals surface area (Å²) in [6.07, 6.45) is 0. The van der Waals surface area contributed by atoms with E-state index < -0.39 is 0 Å². The molecule has 6 heteroatoms. The molecule has 1 N–H and O–H groups in total. The molecule has 6 nitrogen and oxygen atoms in total. The third-order valence-electron chi connectivity index (χ3n) is 5.37. The zero-order chi connectivity index (χ0) is 20.6. The van der Waals surface area contributed by atoms with E-state index in [9.17, 15) is 4.79 Å². The highest BCUT2D eigenvalue weighted by Crippen LogP contribution is 2.25. The van der Waals surface area contributed by atoms with Crippen LogP contribution in [-0.4, -0.2) is 68.2 Å². The average molecular weight is 398 g/mol. The predicted molar refractivity (Wildman–Crippen MR) is 116 cm³/mol. The van der Waals surface area contributed by atoms with E-state index in [1.807, 2.05) is 62.4 Å². The number of hydrogen-bond acceptors (Lipinski definition) is 5. The number of carbonyl (C=O) groups excluding carboxylic acids is 1. The molecule has 156 valence electrons. The molecular formula is C23H31N3O3. The van der Waals surface area contributed by atoms with Crippen LogP contribution in [0.5, 0.6) is 11.5 Å². The van der Waals surface area contributed by atoms with Gasteiger partial charge in [-0.05, 0) is 43.7 Å². The first-order valence-corrected chi connectivity index (χ1v) is 10.2. The van der Waals surface area contributed by atoms with Crippen molar-refractivity contribution in [3.63, 3.8) is 0 Å². The molecule has 1 saturated heterocycles. The maximum absolute atomic E-state index is 12.8. The summed E-state index contributed by atoms with van der Waals surface area (Å²) < 4.78 is 11.2. The number of aryl methyl sites for hydroxylation is 1. The van der Waals surface area contributed by atoms with Crippen molar-refractivity contribution in [2.45, 2.75) is 19.9 Å². The summed E-state index contributed by atoms with van der Waals surface area (Å²) in [7, 11) is 1.62. The Labute approximate surface area is 173 Å². The van der Waals surface area contributed by atoms with Crippen LogP contribution in [0.25, 0.3) is 0 Å². The molecule has 2 aromatic rings. The summed E-state index contributed by atoms with van der Waals surface area (Å²) in [4.78, 5) is 17.4. The van der Waals surface area contributed by atoms with E-state index in [1.54, 1.807) is 7.11 Å². The highest BCUT2D eigenvalue weighted by Gasteiger charge is 2.26. The number of benzene rings is 2. The fraction of sp³-hybridized carbons (Fsp3) is 0.435. The number of ether oxygens (including phenoxy) is 2. The zero-order valence-corrected chi connectivity index (χ0v) is 17.6. The van der Waals surface area contributed by atoms with Crippen LogP contribution in [0, 0.1) is 6.92 Å². The van der Waals surface area contributed by atoms with Gasteiger partial charge in [0.1, 0.15) is 18.1 Å². The number of hydrogen-bond donors (Lipinski definition) is 1. The number of rotatable bonds is 8. The number of methoxy groups -OCH3 is 1. The molecule has 1 atom stereocenters. The van der Waals surface area contributed by atoms with Gasteiger partial charge >= 0.3 is 0 Å². The molecule has 2 aromatic carbocycles. The van der Waals surface area contributed by atoms with Gasteiger partial charge < -0.3 is 14.8 Å². The Morgan fingerprint density at radius 3 is 2.52 bits per heavy atom. The molecule has 1 aliphatic heterocycles. The lowest BCUT2D eigenvalue weighted by Crippen LogP contribution is -2.53. The number of amides is 1. The second kappa shape index (κ2) is 10.3.